The van der Waals surface area contributed by atoms with Crippen LogP contribution in [-0.2, 0) is 56.0 Å². The van der Waals surface area contributed by atoms with Crippen LogP contribution in [0.5, 0.6) is 0 Å². The summed E-state index contributed by atoms with van der Waals surface area (Å²) in [6.45, 7) is 4.75. The summed E-state index contributed by atoms with van der Waals surface area (Å²) in [4.78, 5) is 12.2. The standard InChI is InChI=1S/C32H12BF24.C22H22NO/c34-25(35,36)13-1-14(26(37,38)39)6-21(5-13)33(22-7-15(27(40,41)42)2-16(8-22)28(43,44)45,23-9-17(29(46,47)48)3-18(10-23)30(49,50)51)24-11-19(31(52,53)54)4-20(12-24)32(55,56)57;1-17(2)18-8-10-19(11-9-18)20-12-14-23(15-13-20)16-22(24)21-6-4-3-5-7-21/h1-12H;3-15,17H,16H2,1-2H3/q-1;+1. The average Bonchev–Trinajstić information content (AvgIpc) is 3.35. The van der Waals surface area contributed by atoms with Gasteiger partial charge in [-0.05, 0) is 46.9 Å². The fourth-order valence-corrected chi connectivity index (χ4v) is 8.77. The van der Waals surface area contributed by atoms with Gasteiger partial charge in [-0.15, -0.1) is 0 Å². The number of hydrogen-bond donors (Lipinski definition) is 0. The maximum absolute atomic E-state index is 14.2. The van der Waals surface area contributed by atoms with Gasteiger partial charge in [0.15, 0.2) is 12.4 Å². The summed E-state index contributed by atoms with van der Waals surface area (Å²) in [5.41, 5.74) is -25.8. The minimum Gasteiger partial charge on any atom is -0.287 e. The molecule has 0 bridgehead atoms. The van der Waals surface area contributed by atoms with Gasteiger partial charge in [0.1, 0.15) is 6.15 Å². The first kappa shape index (κ1) is 62.7. The zero-order valence-electron chi connectivity index (χ0n) is 40.7. The number of halogens is 24. The van der Waals surface area contributed by atoms with E-state index in [-0.39, 0.29) is 5.78 Å². The lowest BCUT2D eigenvalue weighted by molar-refractivity contribution is -0.683. The zero-order chi connectivity index (χ0) is 60.9. The quantitative estimate of drug-likeness (QED) is 0.0611. The minimum absolute atomic E-state index is 0.120. The summed E-state index contributed by atoms with van der Waals surface area (Å²) in [5, 5.41) is 0. The van der Waals surface area contributed by atoms with Crippen LogP contribution in [0.4, 0.5) is 105 Å². The van der Waals surface area contributed by atoms with Gasteiger partial charge in [-0.2, -0.15) is 132 Å². The molecule has 0 fully saturated rings. The molecule has 81 heavy (non-hydrogen) atoms. The molecule has 0 atom stereocenters. The Balaban J connectivity index is 0.000000363. The van der Waals surface area contributed by atoms with Crippen molar-refractivity contribution >= 4 is 33.8 Å². The van der Waals surface area contributed by atoms with E-state index in [1.54, 1.807) is 0 Å². The predicted molar refractivity (Wildman–Crippen MR) is 247 cm³/mol. The van der Waals surface area contributed by atoms with Gasteiger partial charge in [-0.3, -0.25) is 4.79 Å². The lowest BCUT2D eigenvalue weighted by Crippen LogP contribution is -2.75. The summed E-state index contributed by atoms with van der Waals surface area (Å²) >= 11 is 0. The highest BCUT2D eigenvalue weighted by atomic mass is 19.4. The van der Waals surface area contributed by atoms with E-state index in [9.17, 15) is 110 Å². The summed E-state index contributed by atoms with van der Waals surface area (Å²) < 4.78 is 343. The lowest BCUT2D eigenvalue weighted by Gasteiger charge is -2.46. The number of carbonyl (C=O) groups excluding carboxylic acids is 1. The van der Waals surface area contributed by atoms with Crippen LogP contribution in [0.3, 0.4) is 0 Å². The van der Waals surface area contributed by atoms with E-state index in [4.69, 9.17) is 0 Å². The third-order valence-electron chi connectivity index (χ3n) is 12.7. The molecule has 0 N–H and O–H groups in total. The number of hydrogen-bond acceptors (Lipinski definition) is 1. The Morgan fingerprint density at radius 3 is 0.840 bits per heavy atom. The van der Waals surface area contributed by atoms with E-state index < -0.39 is 195 Å². The lowest BCUT2D eigenvalue weighted by atomic mass is 9.12. The van der Waals surface area contributed by atoms with E-state index in [1.165, 1.54) is 11.1 Å². The van der Waals surface area contributed by atoms with Gasteiger partial charge in [-0.25, -0.2) is 0 Å². The predicted octanol–water partition coefficient (Wildman–Crippen LogP) is 15.9. The SMILES string of the molecule is CC(C)c1ccc(-c2cc[n+](CC(=O)c3ccccc3)cc2)cc1.FC(F)(F)c1cc([B-](c2cc(C(F)(F)F)cc(C(F)(F)F)c2)(c2cc(C(F)(F)F)cc(C(F)(F)F)c2)c2cc(C(F)(F)F)cc(C(F)(F)F)c2)cc(C(F)(F)F)c1. The smallest absolute Gasteiger partial charge is 0.287 e. The maximum atomic E-state index is 14.2. The Labute approximate surface area is 442 Å². The molecular formula is C54H34BF24NO. The molecule has 7 rings (SSSR count). The molecule has 0 spiro atoms. The molecule has 0 radical (unpaired) electrons. The van der Waals surface area contributed by atoms with Crippen molar-refractivity contribution in [1.82, 2.24) is 0 Å². The van der Waals surface area contributed by atoms with Crippen LogP contribution in [0.25, 0.3) is 11.1 Å². The number of rotatable bonds is 9. The number of nitrogens with zero attached hydrogens (tertiary/aromatic N) is 1. The third-order valence-corrected chi connectivity index (χ3v) is 12.7. The number of alkyl halides is 24. The minimum atomic E-state index is -6.13. The van der Waals surface area contributed by atoms with Gasteiger partial charge in [0, 0.05) is 17.7 Å². The second-order valence-corrected chi connectivity index (χ2v) is 18.5. The molecule has 432 valence electrons. The molecule has 1 heterocycles. The fraction of sp³-hybridized carbons (Fsp3) is 0.222. The van der Waals surface area contributed by atoms with Crippen molar-refractivity contribution in [1.29, 1.82) is 0 Å². The third kappa shape index (κ3) is 14.7. The monoisotopic (exact) mass is 1180 g/mol. The van der Waals surface area contributed by atoms with Crippen LogP contribution in [0.2, 0.25) is 0 Å². The number of benzene rings is 6. The molecule has 0 aliphatic carbocycles. The van der Waals surface area contributed by atoms with Crippen molar-refractivity contribution in [2.24, 2.45) is 0 Å². The normalized spacial score (nSPS) is 13.3. The molecule has 7 aromatic rings. The van der Waals surface area contributed by atoms with Gasteiger partial charge < -0.3 is 0 Å². The Kier molecular flexibility index (Phi) is 17.1. The summed E-state index contributed by atoms with van der Waals surface area (Å²) in [6, 6.07) is 13.4. The van der Waals surface area contributed by atoms with E-state index in [0.29, 0.717) is 12.5 Å². The Hall–Kier alpha value is -7.48. The van der Waals surface area contributed by atoms with Crippen molar-refractivity contribution in [3.05, 3.63) is 208 Å². The van der Waals surface area contributed by atoms with Gasteiger partial charge in [0.05, 0.1) is 44.5 Å². The van der Waals surface area contributed by atoms with Crippen molar-refractivity contribution in [3.63, 3.8) is 0 Å². The fourth-order valence-electron chi connectivity index (χ4n) is 8.77. The van der Waals surface area contributed by atoms with E-state index in [1.807, 2.05) is 47.3 Å². The molecule has 0 aliphatic rings. The molecular weight excluding hydrogens is 1150 g/mol. The van der Waals surface area contributed by atoms with Crippen LogP contribution < -0.4 is 26.4 Å². The highest BCUT2D eigenvalue weighted by Gasteiger charge is 2.47. The second-order valence-electron chi connectivity index (χ2n) is 18.5. The first-order valence-corrected chi connectivity index (χ1v) is 22.9. The zero-order valence-corrected chi connectivity index (χ0v) is 40.7. The first-order valence-electron chi connectivity index (χ1n) is 22.9. The molecule has 0 amide bonds. The van der Waals surface area contributed by atoms with Crippen molar-refractivity contribution in [3.8, 4) is 11.1 Å². The van der Waals surface area contributed by atoms with Crippen LogP contribution in [0.15, 0.2) is 152 Å². The summed E-state index contributed by atoms with van der Waals surface area (Å²) in [7, 11) is 0. The molecule has 0 saturated heterocycles. The Morgan fingerprint density at radius 2 is 0.605 bits per heavy atom. The van der Waals surface area contributed by atoms with Gasteiger partial charge in [0.25, 0.3) is 0 Å². The Morgan fingerprint density at radius 1 is 0.358 bits per heavy atom. The summed E-state index contributed by atoms with van der Waals surface area (Å²) in [5.74, 6) is 0.663. The van der Waals surface area contributed by atoms with E-state index >= 15 is 0 Å². The number of pyridine rings is 1. The molecule has 1 aromatic heterocycles. The Bertz CT molecular complexity index is 2930. The topological polar surface area (TPSA) is 20.9 Å². The van der Waals surface area contributed by atoms with Crippen LogP contribution in [0, 0.1) is 0 Å². The number of carbonyl (C=O) groups is 1. The molecule has 27 heteroatoms. The summed E-state index contributed by atoms with van der Waals surface area (Å²) in [6.07, 6.45) is -50.9. The van der Waals surface area contributed by atoms with Gasteiger partial charge in [-0.1, -0.05) is 117 Å². The molecule has 2 nitrogen and oxygen atoms in total. The maximum Gasteiger partial charge on any atom is 0.416 e. The van der Waals surface area contributed by atoms with E-state index in [0.717, 1.165) is 11.1 Å². The highest BCUT2D eigenvalue weighted by Crippen LogP contribution is 2.41. The largest absolute Gasteiger partial charge is 0.416 e. The number of aromatic nitrogens is 1. The van der Waals surface area contributed by atoms with Crippen molar-refractivity contribution in [2.75, 3.05) is 0 Å². The number of Topliss-reactive ketones (excluding diaryl/α,β-unsaturated/α-hetero) is 1. The van der Waals surface area contributed by atoms with Crippen LogP contribution in [-0.4, -0.2) is 11.9 Å². The van der Waals surface area contributed by atoms with Crippen LogP contribution >= 0.6 is 0 Å². The highest BCUT2D eigenvalue weighted by molar-refractivity contribution is 7.20. The molecule has 0 unspecified atom stereocenters. The molecule has 0 aliphatic heterocycles. The first-order chi connectivity index (χ1) is 36.9. The average molecular weight is 1180 g/mol. The van der Waals surface area contributed by atoms with Crippen molar-refractivity contribution < 1.29 is 115 Å². The molecule has 6 aromatic carbocycles. The van der Waals surface area contributed by atoms with Crippen LogP contribution in [0.1, 0.15) is 80.2 Å². The van der Waals surface area contributed by atoms with Gasteiger partial charge >= 0.3 is 49.4 Å². The van der Waals surface area contributed by atoms with Gasteiger partial charge in [0.2, 0.25) is 12.3 Å². The van der Waals surface area contributed by atoms with Crippen molar-refractivity contribution in [2.45, 2.75) is 75.7 Å². The number of ketones is 1. The molecule has 0 saturated carbocycles. The van der Waals surface area contributed by atoms with E-state index in [2.05, 4.69) is 50.2 Å². The second kappa shape index (κ2) is 22.1.